The van der Waals surface area contributed by atoms with E-state index >= 15 is 0 Å². The zero-order valence-electron chi connectivity index (χ0n) is 9.82. The summed E-state index contributed by atoms with van der Waals surface area (Å²) in [6.07, 6.45) is 3.26. The smallest absolute Gasteiger partial charge is 0.248 e. The summed E-state index contributed by atoms with van der Waals surface area (Å²) in [7, 11) is 0. The van der Waals surface area contributed by atoms with E-state index in [2.05, 4.69) is 15.2 Å². The second-order valence-corrected chi connectivity index (χ2v) is 4.43. The molecular weight excluding hydrogens is 266 g/mol. The molecule has 2 N–H and O–H groups in total. The van der Waals surface area contributed by atoms with Gasteiger partial charge in [-0.05, 0) is 12.1 Å². The van der Waals surface area contributed by atoms with E-state index in [1.807, 2.05) is 12.1 Å². The highest BCUT2D eigenvalue weighted by Gasteiger charge is 2.09. The fraction of sp³-hybridized carbons (Fsp3) is 0.0833. The van der Waals surface area contributed by atoms with Crippen LogP contribution >= 0.6 is 11.6 Å². The monoisotopic (exact) mass is 275 g/mol. The van der Waals surface area contributed by atoms with Crippen LogP contribution in [0.2, 0.25) is 5.02 Å². The third-order valence-corrected chi connectivity index (χ3v) is 2.74. The first-order valence-electron chi connectivity index (χ1n) is 5.57. The molecule has 0 bridgehead atoms. The number of nitrogens with zero attached hydrogens (tertiary/aromatic N) is 4. The zero-order valence-corrected chi connectivity index (χ0v) is 10.6. The topological polar surface area (TPSA) is 82.8 Å². The fourth-order valence-corrected chi connectivity index (χ4v) is 1.86. The van der Waals surface area contributed by atoms with E-state index in [9.17, 15) is 0 Å². The molecule has 0 saturated heterocycles. The molecule has 6 nitrogen and oxygen atoms in total. The van der Waals surface area contributed by atoms with Gasteiger partial charge in [0.25, 0.3) is 0 Å². The van der Waals surface area contributed by atoms with E-state index in [1.54, 1.807) is 29.2 Å². The van der Waals surface area contributed by atoms with Crippen molar-refractivity contribution in [2.24, 2.45) is 0 Å². The predicted molar refractivity (Wildman–Crippen MR) is 70.5 cm³/mol. The Morgan fingerprint density at radius 3 is 3.00 bits per heavy atom. The summed E-state index contributed by atoms with van der Waals surface area (Å²) in [5, 5.41) is 8.59. The molecule has 0 amide bonds. The van der Waals surface area contributed by atoms with Gasteiger partial charge in [-0.2, -0.15) is 10.1 Å². The van der Waals surface area contributed by atoms with Crippen molar-refractivity contribution in [1.29, 1.82) is 0 Å². The lowest BCUT2D eigenvalue weighted by atomic mass is 10.2. The van der Waals surface area contributed by atoms with E-state index in [0.717, 1.165) is 5.56 Å². The van der Waals surface area contributed by atoms with Crippen LogP contribution in [0.1, 0.15) is 5.89 Å². The first-order valence-corrected chi connectivity index (χ1v) is 5.95. The summed E-state index contributed by atoms with van der Waals surface area (Å²) >= 11 is 5.92. The first-order chi connectivity index (χ1) is 9.20. The lowest BCUT2D eigenvalue weighted by molar-refractivity contribution is 0.366. The van der Waals surface area contributed by atoms with Crippen LogP contribution in [0.15, 0.2) is 41.2 Å². The summed E-state index contributed by atoms with van der Waals surface area (Å²) < 4.78 is 6.80. The maximum atomic E-state index is 5.92. The predicted octanol–water partition coefficient (Wildman–Crippen LogP) is 2.22. The Bertz CT molecular complexity index is 705. The van der Waals surface area contributed by atoms with E-state index in [-0.39, 0.29) is 0 Å². The van der Waals surface area contributed by atoms with Crippen molar-refractivity contribution in [3.63, 3.8) is 0 Å². The molecule has 0 radical (unpaired) electrons. The van der Waals surface area contributed by atoms with Crippen molar-refractivity contribution in [3.05, 3.63) is 47.6 Å². The zero-order chi connectivity index (χ0) is 13.2. The molecule has 7 heteroatoms. The number of hydrogen-bond donors (Lipinski definition) is 1. The minimum atomic E-state index is 0.380. The molecule has 0 aliphatic rings. The number of benzene rings is 1. The first kappa shape index (κ1) is 11.7. The molecule has 0 atom stereocenters. The molecule has 2 aromatic heterocycles. The Labute approximate surface area is 113 Å². The number of nitrogens with two attached hydrogens (primary N) is 1. The highest BCUT2D eigenvalue weighted by atomic mass is 35.5. The van der Waals surface area contributed by atoms with Gasteiger partial charge in [0.2, 0.25) is 11.7 Å². The van der Waals surface area contributed by atoms with Crippen LogP contribution in [-0.4, -0.2) is 19.9 Å². The highest BCUT2D eigenvalue weighted by molar-refractivity contribution is 6.30. The maximum Gasteiger partial charge on any atom is 0.248 e. The standard InChI is InChI=1S/C12H10ClN5O/c13-9-3-1-2-8(4-9)12-16-11(19-17-12)7-18-6-10(14)5-15-18/h1-6H,7,14H2. The number of rotatable bonds is 3. The molecule has 0 unspecified atom stereocenters. The minimum absolute atomic E-state index is 0.380. The molecular formula is C12H10ClN5O. The third-order valence-electron chi connectivity index (χ3n) is 2.50. The van der Waals surface area contributed by atoms with Crippen molar-refractivity contribution < 1.29 is 4.52 Å². The second kappa shape index (κ2) is 4.74. The highest BCUT2D eigenvalue weighted by Crippen LogP contribution is 2.20. The molecule has 3 rings (SSSR count). The van der Waals surface area contributed by atoms with E-state index < -0.39 is 0 Å². The molecule has 3 aromatic rings. The number of nitrogen functional groups attached to an aromatic ring is 1. The summed E-state index contributed by atoms with van der Waals surface area (Å²) in [5.41, 5.74) is 6.98. The minimum Gasteiger partial charge on any atom is -0.396 e. The Hall–Kier alpha value is -2.34. The van der Waals surface area contributed by atoms with E-state index in [0.29, 0.717) is 29.0 Å². The van der Waals surface area contributed by atoms with Gasteiger partial charge in [0.05, 0.1) is 11.9 Å². The van der Waals surface area contributed by atoms with Gasteiger partial charge in [0.1, 0.15) is 6.54 Å². The molecule has 0 spiro atoms. The van der Waals surface area contributed by atoms with Gasteiger partial charge in [0.15, 0.2) is 0 Å². The van der Waals surface area contributed by atoms with Crippen LogP contribution in [0.3, 0.4) is 0 Å². The van der Waals surface area contributed by atoms with Crippen LogP contribution in [-0.2, 0) is 6.54 Å². The average molecular weight is 276 g/mol. The quantitative estimate of drug-likeness (QED) is 0.792. The van der Waals surface area contributed by atoms with Gasteiger partial charge >= 0.3 is 0 Å². The van der Waals surface area contributed by atoms with Gasteiger partial charge in [-0.3, -0.25) is 4.68 Å². The molecule has 19 heavy (non-hydrogen) atoms. The second-order valence-electron chi connectivity index (χ2n) is 3.99. The molecule has 0 saturated carbocycles. The average Bonchev–Trinajstić information content (AvgIpc) is 2.99. The molecule has 96 valence electrons. The van der Waals surface area contributed by atoms with Crippen molar-refractivity contribution in [2.45, 2.75) is 6.54 Å². The Morgan fingerprint density at radius 1 is 1.37 bits per heavy atom. The molecule has 1 aromatic carbocycles. The van der Waals surface area contributed by atoms with Crippen LogP contribution in [0.4, 0.5) is 5.69 Å². The van der Waals surface area contributed by atoms with Gasteiger partial charge in [-0.25, -0.2) is 0 Å². The molecule has 2 heterocycles. The Morgan fingerprint density at radius 2 is 2.26 bits per heavy atom. The lowest BCUT2D eigenvalue weighted by Gasteiger charge is -1.94. The van der Waals surface area contributed by atoms with Crippen molar-refractivity contribution >= 4 is 17.3 Å². The van der Waals surface area contributed by atoms with Crippen LogP contribution < -0.4 is 5.73 Å². The number of anilines is 1. The maximum absolute atomic E-state index is 5.92. The van der Waals surface area contributed by atoms with Crippen LogP contribution in [0.25, 0.3) is 11.4 Å². The van der Waals surface area contributed by atoms with Gasteiger partial charge in [0, 0.05) is 16.8 Å². The molecule has 0 aliphatic heterocycles. The molecule has 0 aliphatic carbocycles. The normalized spacial score (nSPS) is 10.8. The van der Waals surface area contributed by atoms with Crippen molar-refractivity contribution in [1.82, 2.24) is 19.9 Å². The third kappa shape index (κ3) is 2.58. The Balaban J connectivity index is 1.83. The van der Waals surface area contributed by atoms with Gasteiger partial charge in [-0.15, -0.1) is 0 Å². The number of hydrogen-bond acceptors (Lipinski definition) is 5. The van der Waals surface area contributed by atoms with Gasteiger partial charge in [-0.1, -0.05) is 28.9 Å². The number of halogens is 1. The van der Waals surface area contributed by atoms with Crippen LogP contribution in [0, 0.1) is 0 Å². The fourth-order valence-electron chi connectivity index (χ4n) is 1.67. The summed E-state index contributed by atoms with van der Waals surface area (Å²) in [5.74, 6) is 0.954. The van der Waals surface area contributed by atoms with Crippen LogP contribution in [0.5, 0.6) is 0 Å². The summed E-state index contributed by atoms with van der Waals surface area (Å²) in [6, 6.07) is 7.27. The summed E-state index contributed by atoms with van der Waals surface area (Å²) in [4.78, 5) is 4.29. The summed E-state index contributed by atoms with van der Waals surface area (Å²) in [6.45, 7) is 0.380. The molecule has 0 fully saturated rings. The van der Waals surface area contributed by atoms with Crippen molar-refractivity contribution in [2.75, 3.05) is 5.73 Å². The van der Waals surface area contributed by atoms with Gasteiger partial charge < -0.3 is 10.3 Å². The van der Waals surface area contributed by atoms with Crippen molar-refractivity contribution in [3.8, 4) is 11.4 Å². The van der Waals surface area contributed by atoms with E-state index in [4.69, 9.17) is 21.9 Å². The lowest BCUT2D eigenvalue weighted by Crippen LogP contribution is -2.00. The van der Waals surface area contributed by atoms with E-state index in [1.165, 1.54) is 0 Å². The largest absolute Gasteiger partial charge is 0.396 e. The number of aromatic nitrogens is 4. The SMILES string of the molecule is Nc1cnn(Cc2nc(-c3cccc(Cl)c3)no2)c1. The Kier molecular flexibility index (Phi) is 2.92.